The van der Waals surface area contributed by atoms with Crippen LogP contribution >= 0.6 is 0 Å². The van der Waals surface area contributed by atoms with E-state index in [0.29, 0.717) is 6.04 Å². The van der Waals surface area contributed by atoms with Gasteiger partial charge in [-0.1, -0.05) is 13.3 Å². The first-order valence-corrected chi connectivity index (χ1v) is 7.34. The molecule has 3 N–H and O–H groups in total. The molecule has 4 heteroatoms. The van der Waals surface area contributed by atoms with Crippen molar-refractivity contribution in [3.63, 3.8) is 0 Å². The van der Waals surface area contributed by atoms with Crippen LogP contribution in [0.4, 0.5) is 5.82 Å². The highest BCUT2D eigenvalue weighted by Crippen LogP contribution is 2.33. The van der Waals surface area contributed by atoms with Crippen molar-refractivity contribution < 1.29 is 0 Å². The average Bonchev–Trinajstić information content (AvgIpc) is 2.81. The summed E-state index contributed by atoms with van der Waals surface area (Å²) >= 11 is 0. The Morgan fingerprint density at radius 2 is 2.33 bits per heavy atom. The Kier molecular flexibility index (Phi) is 3.29. The molecule has 2 atom stereocenters. The molecule has 1 aliphatic carbocycles. The van der Waals surface area contributed by atoms with Crippen molar-refractivity contribution in [2.75, 3.05) is 18.0 Å². The fraction of sp³-hybridized carbons (Fsp3) is 0.786. The number of nitrogens with zero attached hydrogens (tertiary/aromatic N) is 2. The summed E-state index contributed by atoms with van der Waals surface area (Å²) in [5, 5.41) is 7.82. The Bertz CT molecular complexity index is 412. The fourth-order valence-electron chi connectivity index (χ4n) is 3.36. The molecule has 0 saturated carbocycles. The second kappa shape index (κ2) is 4.92. The van der Waals surface area contributed by atoms with Gasteiger partial charge in [0.05, 0.1) is 0 Å². The van der Waals surface area contributed by atoms with Crippen molar-refractivity contribution in [3.8, 4) is 0 Å². The van der Waals surface area contributed by atoms with Crippen molar-refractivity contribution in [3.05, 3.63) is 11.3 Å². The number of aromatic amines is 1. The number of H-pyrrole nitrogens is 1. The number of nitrogens with two attached hydrogens (primary N) is 1. The summed E-state index contributed by atoms with van der Waals surface area (Å²) in [5.41, 5.74) is 8.92. The lowest BCUT2D eigenvalue weighted by Gasteiger charge is -2.32. The maximum atomic E-state index is 6.08. The number of rotatable bonds is 2. The number of aromatic nitrogens is 2. The van der Waals surface area contributed by atoms with Crippen molar-refractivity contribution in [1.82, 2.24) is 10.2 Å². The summed E-state index contributed by atoms with van der Waals surface area (Å²) in [6, 6.07) is 0.316. The Labute approximate surface area is 109 Å². The topological polar surface area (TPSA) is 57.9 Å². The van der Waals surface area contributed by atoms with Gasteiger partial charge in [0.15, 0.2) is 5.82 Å². The molecule has 1 aromatic rings. The smallest absolute Gasteiger partial charge is 0.153 e. The number of piperidine rings is 1. The molecule has 3 rings (SSSR count). The van der Waals surface area contributed by atoms with E-state index in [4.69, 9.17) is 5.73 Å². The van der Waals surface area contributed by atoms with Crippen molar-refractivity contribution >= 4 is 5.82 Å². The van der Waals surface area contributed by atoms with E-state index < -0.39 is 0 Å². The molecule has 1 saturated heterocycles. The predicted molar refractivity (Wildman–Crippen MR) is 73.8 cm³/mol. The maximum Gasteiger partial charge on any atom is 0.153 e. The van der Waals surface area contributed by atoms with Gasteiger partial charge in [-0.2, -0.15) is 5.10 Å². The minimum Gasteiger partial charge on any atom is -0.353 e. The van der Waals surface area contributed by atoms with Crippen LogP contribution in [0.3, 0.4) is 0 Å². The molecule has 0 amide bonds. The largest absolute Gasteiger partial charge is 0.353 e. The number of nitrogens with one attached hydrogen (secondary N) is 1. The molecule has 0 bridgehead atoms. The Morgan fingerprint density at radius 3 is 3.11 bits per heavy atom. The Hall–Kier alpha value is -1.03. The number of hydrogen-bond donors (Lipinski definition) is 2. The molecule has 0 spiro atoms. The first-order chi connectivity index (χ1) is 8.78. The zero-order valence-corrected chi connectivity index (χ0v) is 11.3. The van der Waals surface area contributed by atoms with Gasteiger partial charge in [-0.3, -0.25) is 5.10 Å². The van der Waals surface area contributed by atoms with Gasteiger partial charge in [0.25, 0.3) is 0 Å². The summed E-state index contributed by atoms with van der Waals surface area (Å²) in [6.07, 6.45) is 7.30. The molecule has 1 aliphatic heterocycles. The minimum atomic E-state index is 0.316. The zero-order valence-electron chi connectivity index (χ0n) is 11.3. The van der Waals surface area contributed by atoms with E-state index in [-0.39, 0.29) is 0 Å². The van der Waals surface area contributed by atoms with Crippen LogP contribution in [-0.2, 0) is 12.8 Å². The maximum absolute atomic E-state index is 6.08. The lowest BCUT2D eigenvalue weighted by Crippen LogP contribution is -2.43. The molecule has 2 unspecified atom stereocenters. The van der Waals surface area contributed by atoms with Gasteiger partial charge in [0.1, 0.15) is 0 Å². The third kappa shape index (κ3) is 2.14. The van der Waals surface area contributed by atoms with Crippen LogP contribution in [0.25, 0.3) is 0 Å². The van der Waals surface area contributed by atoms with Gasteiger partial charge in [-0.25, -0.2) is 0 Å². The van der Waals surface area contributed by atoms with E-state index in [1.165, 1.54) is 49.2 Å². The number of hydrogen-bond acceptors (Lipinski definition) is 3. The van der Waals surface area contributed by atoms with Gasteiger partial charge in [-0.05, 0) is 38.0 Å². The van der Waals surface area contributed by atoms with E-state index in [1.54, 1.807) is 0 Å². The van der Waals surface area contributed by atoms with E-state index in [9.17, 15) is 0 Å². The van der Waals surface area contributed by atoms with Gasteiger partial charge in [-0.15, -0.1) is 0 Å². The molecular formula is C14H24N4. The van der Waals surface area contributed by atoms with Gasteiger partial charge < -0.3 is 10.6 Å². The molecule has 0 radical (unpaired) electrons. The van der Waals surface area contributed by atoms with Crippen LogP contribution in [-0.4, -0.2) is 29.3 Å². The molecule has 100 valence electrons. The van der Waals surface area contributed by atoms with Gasteiger partial charge >= 0.3 is 0 Å². The van der Waals surface area contributed by atoms with Crippen LogP contribution in [0, 0.1) is 5.92 Å². The van der Waals surface area contributed by atoms with Gasteiger partial charge in [0.2, 0.25) is 0 Å². The number of anilines is 1. The van der Waals surface area contributed by atoms with E-state index in [0.717, 1.165) is 25.4 Å². The number of aryl methyl sites for hydroxylation is 1. The fourth-order valence-corrected chi connectivity index (χ4v) is 3.36. The van der Waals surface area contributed by atoms with Crippen molar-refractivity contribution in [1.29, 1.82) is 0 Å². The first-order valence-electron chi connectivity index (χ1n) is 7.34. The highest BCUT2D eigenvalue weighted by molar-refractivity contribution is 5.51. The summed E-state index contributed by atoms with van der Waals surface area (Å²) in [7, 11) is 0. The SMILES string of the molecule is CCC1CCc2[nH]nc(N3CCCC(N)C3)c2C1. The quantitative estimate of drug-likeness (QED) is 0.840. The normalized spacial score (nSPS) is 28.2. The standard InChI is InChI=1S/C14H24N4/c1-2-10-5-6-13-12(8-10)14(17-16-13)18-7-3-4-11(15)9-18/h10-11H,2-9,15H2,1H3,(H,16,17). The van der Waals surface area contributed by atoms with E-state index >= 15 is 0 Å². The Balaban J connectivity index is 1.83. The molecule has 4 nitrogen and oxygen atoms in total. The van der Waals surface area contributed by atoms with E-state index in [1.807, 2.05) is 0 Å². The van der Waals surface area contributed by atoms with Crippen molar-refractivity contribution in [2.24, 2.45) is 11.7 Å². The monoisotopic (exact) mass is 248 g/mol. The first kappa shape index (κ1) is 12.0. The third-order valence-electron chi connectivity index (χ3n) is 4.56. The lowest BCUT2D eigenvalue weighted by atomic mass is 9.85. The van der Waals surface area contributed by atoms with Crippen LogP contribution in [0.1, 0.15) is 43.9 Å². The van der Waals surface area contributed by atoms with Gasteiger partial charge in [0, 0.05) is 30.4 Å². The van der Waals surface area contributed by atoms with Crippen LogP contribution in [0.2, 0.25) is 0 Å². The Morgan fingerprint density at radius 1 is 1.44 bits per heavy atom. The summed E-state index contributed by atoms with van der Waals surface area (Å²) in [6.45, 7) is 4.38. The summed E-state index contributed by atoms with van der Waals surface area (Å²) < 4.78 is 0. The highest BCUT2D eigenvalue weighted by atomic mass is 15.3. The molecule has 2 aliphatic rings. The van der Waals surface area contributed by atoms with Crippen molar-refractivity contribution in [2.45, 2.75) is 51.5 Å². The van der Waals surface area contributed by atoms with E-state index in [2.05, 4.69) is 22.0 Å². The lowest BCUT2D eigenvalue weighted by molar-refractivity contribution is 0.441. The van der Waals surface area contributed by atoms with Crippen LogP contribution in [0.5, 0.6) is 0 Å². The van der Waals surface area contributed by atoms with Crippen LogP contribution in [0.15, 0.2) is 0 Å². The number of fused-ring (bicyclic) bond motifs is 1. The molecular weight excluding hydrogens is 224 g/mol. The molecule has 0 aromatic carbocycles. The molecule has 2 heterocycles. The summed E-state index contributed by atoms with van der Waals surface area (Å²) in [5.74, 6) is 2.03. The molecule has 1 aromatic heterocycles. The second-order valence-corrected chi connectivity index (χ2v) is 5.87. The summed E-state index contributed by atoms with van der Waals surface area (Å²) in [4.78, 5) is 2.39. The van der Waals surface area contributed by atoms with Crippen LogP contribution < -0.4 is 10.6 Å². The molecule has 18 heavy (non-hydrogen) atoms. The zero-order chi connectivity index (χ0) is 12.5. The second-order valence-electron chi connectivity index (χ2n) is 5.87. The third-order valence-corrected chi connectivity index (χ3v) is 4.56. The highest BCUT2D eigenvalue weighted by Gasteiger charge is 2.27. The predicted octanol–water partition coefficient (Wildman–Crippen LogP) is 1.85. The average molecular weight is 248 g/mol. The minimum absolute atomic E-state index is 0.316. The molecule has 1 fully saturated rings.